The minimum absolute atomic E-state index is 0.188. The number of hydrogen-bond acceptors (Lipinski definition) is 9. The van der Waals surface area contributed by atoms with Crippen molar-refractivity contribution in [2.24, 2.45) is 0 Å². The van der Waals surface area contributed by atoms with Crippen molar-refractivity contribution in [3.05, 3.63) is 76.6 Å². The van der Waals surface area contributed by atoms with E-state index in [4.69, 9.17) is 23.7 Å². The zero-order chi connectivity index (χ0) is 26.9. The Labute approximate surface area is 216 Å². The summed E-state index contributed by atoms with van der Waals surface area (Å²) in [6, 6.07) is 13.4. The van der Waals surface area contributed by atoms with Gasteiger partial charge >= 0.3 is 17.9 Å². The lowest BCUT2D eigenvalue weighted by Gasteiger charge is -2.30. The molecular weight excluding hydrogens is 478 g/mol. The SMILES string of the molecule is CCOC(=O)C1=C(C)NC(C)=C(C(=O)OCC)C1c1ccc(OC(=O)COc2ccc(OC)cc2)cc1. The quantitative estimate of drug-likeness (QED) is 0.375. The van der Waals surface area contributed by atoms with E-state index in [9.17, 15) is 14.4 Å². The monoisotopic (exact) mass is 509 g/mol. The highest BCUT2D eigenvalue weighted by Gasteiger charge is 2.37. The Kier molecular flexibility index (Phi) is 9.32. The summed E-state index contributed by atoms with van der Waals surface area (Å²) in [5, 5.41) is 3.10. The van der Waals surface area contributed by atoms with E-state index in [2.05, 4.69) is 5.32 Å². The van der Waals surface area contributed by atoms with E-state index < -0.39 is 23.8 Å². The lowest BCUT2D eigenvalue weighted by atomic mass is 9.80. The van der Waals surface area contributed by atoms with Crippen molar-refractivity contribution in [1.82, 2.24) is 5.32 Å². The predicted octanol–water partition coefficient (Wildman–Crippen LogP) is 4.04. The van der Waals surface area contributed by atoms with Gasteiger partial charge in [-0.05, 0) is 69.7 Å². The van der Waals surface area contributed by atoms with Crippen LogP contribution in [0.25, 0.3) is 0 Å². The molecule has 2 aromatic rings. The molecular formula is C28H31NO8. The highest BCUT2D eigenvalue weighted by molar-refractivity contribution is 5.99. The maximum absolute atomic E-state index is 12.9. The van der Waals surface area contributed by atoms with Gasteiger partial charge in [0.05, 0.1) is 37.4 Å². The fraction of sp³-hybridized carbons (Fsp3) is 0.321. The molecule has 3 rings (SSSR count). The largest absolute Gasteiger partial charge is 0.497 e. The number of hydrogen-bond donors (Lipinski definition) is 1. The number of carbonyl (C=O) groups excluding carboxylic acids is 3. The standard InChI is InChI=1S/C28H31NO8/c1-6-34-27(31)24-17(3)29-18(4)25(28(32)35-7-2)26(24)19-8-10-22(11-9-19)37-23(30)16-36-21-14-12-20(33-5)13-15-21/h8-15,26,29H,6-7,16H2,1-5H3. The van der Waals surface area contributed by atoms with Gasteiger partial charge in [0.2, 0.25) is 0 Å². The summed E-state index contributed by atoms with van der Waals surface area (Å²) >= 11 is 0. The van der Waals surface area contributed by atoms with E-state index >= 15 is 0 Å². The van der Waals surface area contributed by atoms with Gasteiger partial charge in [-0.3, -0.25) is 0 Å². The number of carbonyl (C=O) groups is 3. The van der Waals surface area contributed by atoms with Gasteiger partial charge in [-0.25, -0.2) is 14.4 Å². The molecule has 0 radical (unpaired) electrons. The van der Waals surface area contributed by atoms with E-state index in [1.54, 1.807) is 83.3 Å². The van der Waals surface area contributed by atoms with Crippen LogP contribution in [0.3, 0.4) is 0 Å². The Bertz CT molecular complexity index is 1160. The summed E-state index contributed by atoms with van der Waals surface area (Å²) < 4.78 is 26.5. The molecule has 9 heteroatoms. The Balaban J connectivity index is 1.80. The molecule has 9 nitrogen and oxygen atoms in total. The molecule has 196 valence electrons. The third-order valence-corrected chi connectivity index (χ3v) is 5.61. The first-order valence-corrected chi connectivity index (χ1v) is 11.9. The molecule has 0 aromatic heterocycles. The normalized spacial score (nSPS) is 13.5. The van der Waals surface area contributed by atoms with Gasteiger partial charge in [0.1, 0.15) is 17.2 Å². The van der Waals surface area contributed by atoms with Crippen LogP contribution in [0, 0.1) is 0 Å². The second-order valence-corrected chi connectivity index (χ2v) is 8.08. The van der Waals surface area contributed by atoms with Gasteiger partial charge in [0.15, 0.2) is 6.61 Å². The molecule has 0 unspecified atom stereocenters. The highest BCUT2D eigenvalue weighted by Crippen LogP contribution is 2.39. The topological polar surface area (TPSA) is 109 Å². The number of ether oxygens (including phenoxy) is 5. The van der Waals surface area contributed by atoms with Crippen molar-refractivity contribution in [3.8, 4) is 17.2 Å². The minimum atomic E-state index is -0.720. The maximum atomic E-state index is 12.9. The molecule has 0 saturated heterocycles. The first kappa shape index (κ1) is 27.3. The second kappa shape index (κ2) is 12.6. The lowest BCUT2D eigenvalue weighted by molar-refractivity contribution is -0.140. The maximum Gasteiger partial charge on any atom is 0.349 e. The minimum Gasteiger partial charge on any atom is -0.497 e. The van der Waals surface area contributed by atoms with E-state index in [1.807, 2.05) is 0 Å². The smallest absolute Gasteiger partial charge is 0.349 e. The van der Waals surface area contributed by atoms with Crippen molar-refractivity contribution >= 4 is 17.9 Å². The van der Waals surface area contributed by atoms with Crippen LogP contribution in [-0.2, 0) is 23.9 Å². The molecule has 1 N–H and O–H groups in total. The van der Waals surface area contributed by atoms with E-state index in [0.29, 0.717) is 39.6 Å². The average Bonchev–Trinajstić information content (AvgIpc) is 2.88. The number of allylic oxidation sites excluding steroid dienone is 2. The third kappa shape index (κ3) is 6.69. The Hall–Kier alpha value is -4.27. The molecule has 37 heavy (non-hydrogen) atoms. The zero-order valence-corrected chi connectivity index (χ0v) is 21.6. The zero-order valence-electron chi connectivity index (χ0n) is 21.6. The molecule has 0 atom stereocenters. The van der Waals surface area contributed by atoms with Gasteiger partial charge in [0, 0.05) is 11.4 Å². The molecule has 0 aliphatic carbocycles. The number of benzene rings is 2. The van der Waals surface area contributed by atoms with Crippen LogP contribution in [-0.4, -0.2) is 44.8 Å². The molecule has 0 spiro atoms. The van der Waals surface area contributed by atoms with Crippen molar-refractivity contribution in [1.29, 1.82) is 0 Å². The van der Waals surface area contributed by atoms with Gasteiger partial charge in [-0.1, -0.05) is 12.1 Å². The van der Waals surface area contributed by atoms with Crippen molar-refractivity contribution < 1.29 is 38.1 Å². The lowest BCUT2D eigenvalue weighted by Crippen LogP contribution is -2.32. The van der Waals surface area contributed by atoms with E-state index in [0.717, 1.165) is 0 Å². The van der Waals surface area contributed by atoms with Crippen LogP contribution in [0.4, 0.5) is 0 Å². The molecule has 0 amide bonds. The van der Waals surface area contributed by atoms with Crippen LogP contribution < -0.4 is 19.5 Å². The number of dihydropyridines is 1. The molecule has 0 bridgehead atoms. The molecule has 1 aliphatic rings. The molecule has 1 aliphatic heterocycles. The fourth-order valence-electron chi connectivity index (χ4n) is 3.99. The Morgan fingerprint density at radius 3 is 1.73 bits per heavy atom. The van der Waals surface area contributed by atoms with Crippen molar-refractivity contribution in [2.75, 3.05) is 26.9 Å². The molecule has 2 aromatic carbocycles. The van der Waals surface area contributed by atoms with Crippen LogP contribution in [0.1, 0.15) is 39.2 Å². The molecule has 0 fully saturated rings. The van der Waals surface area contributed by atoms with Crippen LogP contribution in [0.15, 0.2) is 71.1 Å². The third-order valence-electron chi connectivity index (χ3n) is 5.61. The Morgan fingerprint density at radius 2 is 1.24 bits per heavy atom. The first-order chi connectivity index (χ1) is 17.8. The number of nitrogens with one attached hydrogen (secondary N) is 1. The Morgan fingerprint density at radius 1 is 0.757 bits per heavy atom. The van der Waals surface area contributed by atoms with Crippen LogP contribution in [0.5, 0.6) is 17.2 Å². The van der Waals surface area contributed by atoms with Crippen molar-refractivity contribution in [3.63, 3.8) is 0 Å². The average molecular weight is 510 g/mol. The fourth-order valence-corrected chi connectivity index (χ4v) is 3.99. The van der Waals surface area contributed by atoms with E-state index in [-0.39, 0.29) is 25.6 Å². The number of rotatable bonds is 10. The van der Waals surface area contributed by atoms with Gasteiger partial charge < -0.3 is 29.0 Å². The van der Waals surface area contributed by atoms with Gasteiger partial charge in [-0.15, -0.1) is 0 Å². The molecule has 0 saturated carbocycles. The van der Waals surface area contributed by atoms with Gasteiger partial charge in [0.25, 0.3) is 0 Å². The van der Waals surface area contributed by atoms with Crippen molar-refractivity contribution in [2.45, 2.75) is 33.6 Å². The summed E-state index contributed by atoms with van der Waals surface area (Å²) in [6.45, 7) is 7.03. The summed E-state index contributed by atoms with van der Waals surface area (Å²) in [6.07, 6.45) is 0. The van der Waals surface area contributed by atoms with Gasteiger partial charge in [-0.2, -0.15) is 0 Å². The predicted molar refractivity (Wildman–Crippen MR) is 135 cm³/mol. The van der Waals surface area contributed by atoms with Crippen LogP contribution >= 0.6 is 0 Å². The summed E-state index contributed by atoms with van der Waals surface area (Å²) in [5.41, 5.74) is 2.43. The summed E-state index contributed by atoms with van der Waals surface area (Å²) in [5.74, 6) is -0.898. The summed E-state index contributed by atoms with van der Waals surface area (Å²) in [7, 11) is 1.56. The highest BCUT2D eigenvalue weighted by atomic mass is 16.6. The summed E-state index contributed by atoms with van der Waals surface area (Å²) in [4.78, 5) is 38.0. The number of esters is 3. The molecule has 1 heterocycles. The number of methoxy groups -OCH3 is 1. The van der Waals surface area contributed by atoms with Crippen LogP contribution in [0.2, 0.25) is 0 Å². The second-order valence-electron chi connectivity index (χ2n) is 8.08. The van der Waals surface area contributed by atoms with E-state index in [1.165, 1.54) is 0 Å². The first-order valence-electron chi connectivity index (χ1n) is 11.9.